The highest BCUT2D eigenvalue weighted by Crippen LogP contribution is 2.22. The number of rotatable bonds is 7. The maximum absolute atomic E-state index is 12.4. The summed E-state index contributed by atoms with van der Waals surface area (Å²) in [6, 6.07) is 17.8. The van der Waals surface area contributed by atoms with Gasteiger partial charge in [-0.25, -0.2) is 0 Å². The van der Waals surface area contributed by atoms with E-state index in [1.807, 2.05) is 43.3 Å². The molecule has 0 aliphatic heterocycles. The van der Waals surface area contributed by atoms with Crippen LogP contribution in [0.5, 0.6) is 11.5 Å². The lowest BCUT2D eigenvalue weighted by Crippen LogP contribution is -2.20. The molecular formula is C21H22N2O4S. The van der Waals surface area contributed by atoms with E-state index < -0.39 is 10.0 Å². The molecule has 0 aliphatic carbocycles. The Kier molecular flexibility index (Phi) is 5.84. The third-order valence-corrected chi connectivity index (χ3v) is 5.47. The summed E-state index contributed by atoms with van der Waals surface area (Å²) in [4.78, 5) is 2.41. The topological polar surface area (TPSA) is 77.0 Å². The van der Waals surface area contributed by atoms with Crippen LogP contribution in [-0.2, 0) is 10.0 Å². The van der Waals surface area contributed by atoms with Crippen LogP contribution >= 0.6 is 0 Å². The van der Waals surface area contributed by atoms with E-state index in [0.29, 0.717) is 18.1 Å². The molecule has 6 nitrogen and oxygen atoms in total. The fourth-order valence-electron chi connectivity index (χ4n) is 2.70. The molecule has 28 heavy (non-hydrogen) atoms. The minimum atomic E-state index is -3.76. The van der Waals surface area contributed by atoms with Crippen LogP contribution in [0.4, 0.5) is 0 Å². The first kappa shape index (κ1) is 19.7. The summed E-state index contributed by atoms with van der Waals surface area (Å²) in [6.07, 6.45) is 0. The molecule has 3 aromatic rings. The zero-order chi connectivity index (χ0) is 20.1. The van der Waals surface area contributed by atoms with Crippen LogP contribution in [0.15, 0.2) is 70.7 Å². The lowest BCUT2D eigenvalue weighted by atomic mass is 10.0. The Morgan fingerprint density at radius 2 is 1.61 bits per heavy atom. The first-order valence-electron chi connectivity index (χ1n) is 8.80. The van der Waals surface area contributed by atoms with Crippen molar-refractivity contribution < 1.29 is 17.9 Å². The number of nitrogens with zero attached hydrogens (tertiary/aromatic N) is 1. The number of hydrazone groups is 1. The van der Waals surface area contributed by atoms with E-state index in [2.05, 4.69) is 9.93 Å². The second kappa shape index (κ2) is 8.31. The normalized spacial score (nSPS) is 12.0. The summed E-state index contributed by atoms with van der Waals surface area (Å²) >= 11 is 0. The molecule has 3 aromatic carbocycles. The van der Waals surface area contributed by atoms with Crippen molar-refractivity contribution in [1.82, 2.24) is 4.83 Å². The van der Waals surface area contributed by atoms with Crippen LogP contribution in [0, 0.1) is 0 Å². The van der Waals surface area contributed by atoms with Gasteiger partial charge in [-0.2, -0.15) is 18.4 Å². The predicted molar refractivity (Wildman–Crippen MR) is 111 cm³/mol. The Bertz CT molecular complexity index is 1110. The molecule has 0 radical (unpaired) electrons. The second-order valence-electron chi connectivity index (χ2n) is 6.12. The summed E-state index contributed by atoms with van der Waals surface area (Å²) in [5.41, 5.74) is 1.39. The van der Waals surface area contributed by atoms with Gasteiger partial charge >= 0.3 is 0 Å². The van der Waals surface area contributed by atoms with E-state index >= 15 is 0 Å². The molecule has 0 unspecified atom stereocenters. The molecule has 0 saturated heterocycles. The molecule has 3 rings (SSSR count). The van der Waals surface area contributed by atoms with Crippen molar-refractivity contribution in [2.75, 3.05) is 13.7 Å². The largest absolute Gasteiger partial charge is 0.497 e. The van der Waals surface area contributed by atoms with Gasteiger partial charge < -0.3 is 9.47 Å². The van der Waals surface area contributed by atoms with E-state index in [1.165, 1.54) is 12.1 Å². The van der Waals surface area contributed by atoms with Gasteiger partial charge in [-0.15, -0.1) is 0 Å². The predicted octanol–water partition coefficient (Wildman–Crippen LogP) is 3.95. The van der Waals surface area contributed by atoms with Gasteiger partial charge in [-0.1, -0.05) is 18.2 Å². The van der Waals surface area contributed by atoms with E-state index in [1.54, 1.807) is 26.2 Å². The van der Waals surface area contributed by atoms with Crippen molar-refractivity contribution in [3.05, 3.63) is 66.2 Å². The standard InChI is InChI=1S/C21H22N2O4S/c1-4-27-19-9-11-21(12-10-19)28(24,25)23-22-15(2)16-5-6-18-14-20(26-3)8-7-17(18)13-16/h5-14,23H,4H2,1-3H3/b22-15-. The molecule has 0 fully saturated rings. The molecule has 0 amide bonds. The Balaban J connectivity index is 1.79. The SMILES string of the molecule is CCOc1ccc(S(=O)(=O)N/N=C(/C)c2ccc3cc(OC)ccc3c2)cc1. The minimum absolute atomic E-state index is 0.123. The number of benzene rings is 3. The Morgan fingerprint density at radius 1 is 0.964 bits per heavy atom. The summed E-state index contributed by atoms with van der Waals surface area (Å²) in [7, 11) is -2.13. The van der Waals surface area contributed by atoms with E-state index in [-0.39, 0.29) is 4.90 Å². The highest BCUT2D eigenvalue weighted by atomic mass is 32.2. The van der Waals surface area contributed by atoms with Crippen LogP contribution in [0.25, 0.3) is 10.8 Å². The van der Waals surface area contributed by atoms with Crippen LogP contribution < -0.4 is 14.3 Å². The average molecular weight is 398 g/mol. The summed E-state index contributed by atoms with van der Waals surface area (Å²) in [6.45, 7) is 4.14. The van der Waals surface area contributed by atoms with Crippen molar-refractivity contribution in [2.24, 2.45) is 5.10 Å². The molecule has 0 aliphatic rings. The lowest BCUT2D eigenvalue weighted by molar-refractivity contribution is 0.340. The van der Waals surface area contributed by atoms with Gasteiger partial charge in [0.15, 0.2) is 0 Å². The van der Waals surface area contributed by atoms with Crippen molar-refractivity contribution in [1.29, 1.82) is 0 Å². The molecule has 0 spiro atoms. The molecule has 0 saturated carbocycles. The number of ether oxygens (including phenoxy) is 2. The van der Waals surface area contributed by atoms with Crippen LogP contribution in [0.3, 0.4) is 0 Å². The fraction of sp³-hybridized carbons (Fsp3) is 0.190. The number of hydrogen-bond acceptors (Lipinski definition) is 5. The summed E-state index contributed by atoms with van der Waals surface area (Å²) < 4.78 is 35.5. The molecule has 0 bridgehead atoms. The van der Waals surface area contributed by atoms with Crippen LogP contribution in [0.1, 0.15) is 19.4 Å². The fourth-order valence-corrected chi connectivity index (χ4v) is 3.56. The van der Waals surface area contributed by atoms with E-state index in [4.69, 9.17) is 9.47 Å². The second-order valence-corrected chi connectivity index (χ2v) is 7.79. The smallest absolute Gasteiger partial charge is 0.276 e. The maximum Gasteiger partial charge on any atom is 0.276 e. The van der Waals surface area contributed by atoms with Crippen molar-refractivity contribution in [3.63, 3.8) is 0 Å². The van der Waals surface area contributed by atoms with E-state index in [0.717, 1.165) is 22.1 Å². The summed E-state index contributed by atoms with van der Waals surface area (Å²) in [5, 5.41) is 6.11. The Labute approximate surface area is 164 Å². The maximum atomic E-state index is 12.4. The van der Waals surface area contributed by atoms with E-state index in [9.17, 15) is 8.42 Å². The number of fused-ring (bicyclic) bond motifs is 1. The Hall–Kier alpha value is -3.06. The molecule has 146 valence electrons. The number of hydrogen-bond donors (Lipinski definition) is 1. The quantitative estimate of drug-likeness (QED) is 0.483. The number of methoxy groups -OCH3 is 1. The molecule has 1 N–H and O–H groups in total. The zero-order valence-corrected chi connectivity index (χ0v) is 16.8. The monoisotopic (exact) mass is 398 g/mol. The molecule has 0 aromatic heterocycles. The zero-order valence-electron chi connectivity index (χ0n) is 16.0. The van der Waals surface area contributed by atoms with Gasteiger partial charge in [0.05, 0.1) is 24.3 Å². The third kappa shape index (κ3) is 4.43. The van der Waals surface area contributed by atoms with Gasteiger partial charge in [0.25, 0.3) is 10.0 Å². The van der Waals surface area contributed by atoms with Crippen LogP contribution in [0.2, 0.25) is 0 Å². The highest BCUT2D eigenvalue weighted by Gasteiger charge is 2.13. The molecule has 0 heterocycles. The highest BCUT2D eigenvalue weighted by molar-refractivity contribution is 7.89. The first-order valence-corrected chi connectivity index (χ1v) is 10.3. The Morgan fingerprint density at radius 3 is 2.29 bits per heavy atom. The van der Waals surface area contributed by atoms with Crippen molar-refractivity contribution in [2.45, 2.75) is 18.7 Å². The van der Waals surface area contributed by atoms with Gasteiger partial charge in [-0.3, -0.25) is 0 Å². The van der Waals surface area contributed by atoms with Crippen molar-refractivity contribution in [3.8, 4) is 11.5 Å². The molecular weight excluding hydrogens is 376 g/mol. The lowest BCUT2D eigenvalue weighted by Gasteiger charge is -2.08. The van der Waals surface area contributed by atoms with Gasteiger partial charge in [-0.05, 0) is 72.6 Å². The number of sulfonamides is 1. The summed E-state index contributed by atoms with van der Waals surface area (Å²) in [5.74, 6) is 1.41. The molecule has 7 heteroatoms. The van der Waals surface area contributed by atoms with Crippen LogP contribution in [-0.4, -0.2) is 27.8 Å². The van der Waals surface area contributed by atoms with Gasteiger partial charge in [0.2, 0.25) is 0 Å². The average Bonchev–Trinajstić information content (AvgIpc) is 2.72. The number of nitrogens with one attached hydrogen (secondary N) is 1. The van der Waals surface area contributed by atoms with Crippen molar-refractivity contribution >= 4 is 26.5 Å². The molecule has 0 atom stereocenters. The first-order chi connectivity index (χ1) is 13.4. The minimum Gasteiger partial charge on any atom is -0.497 e. The van der Waals surface area contributed by atoms with Gasteiger partial charge in [0.1, 0.15) is 11.5 Å². The third-order valence-electron chi connectivity index (χ3n) is 4.24. The van der Waals surface area contributed by atoms with Gasteiger partial charge in [0, 0.05) is 0 Å².